The molecule has 0 saturated heterocycles. The summed E-state index contributed by atoms with van der Waals surface area (Å²) >= 11 is 0. The fourth-order valence-electron chi connectivity index (χ4n) is 3.08. The molecule has 0 N–H and O–H groups in total. The topological polar surface area (TPSA) is 35.5 Å². The number of hydrogen-bond donors (Lipinski definition) is 0. The molecule has 1 aliphatic carbocycles. The number of methoxy groups -OCH3 is 2. The lowest BCUT2D eigenvalue weighted by atomic mass is 9.82. The van der Waals surface area contributed by atoms with Crippen molar-refractivity contribution in [1.82, 2.24) is 0 Å². The van der Waals surface area contributed by atoms with E-state index in [0.717, 1.165) is 23.3 Å². The Hall–Kier alpha value is -2.55. The monoisotopic (exact) mass is 308 g/mol. The Balaban J connectivity index is 1.99. The van der Waals surface area contributed by atoms with E-state index in [9.17, 15) is 4.79 Å². The second kappa shape index (κ2) is 6.69. The van der Waals surface area contributed by atoms with Gasteiger partial charge in [-0.15, -0.1) is 0 Å². The summed E-state index contributed by atoms with van der Waals surface area (Å²) in [6, 6.07) is 16.3. The standard InChI is InChI=1S/C20H20O3/c1-22-18-8-9-19-15(10-14-6-4-3-5-7-14)11-17(20(21)23-2)12-16(19)13-18/h3-9,11,13,17H,10,12H2,1-2H3. The third kappa shape index (κ3) is 3.29. The second-order valence-corrected chi connectivity index (χ2v) is 5.71. The van der Waals surface area contributed by atoms with Crippen LogP contribution in [0.1, 0.15) is 16.7 Å². The average Bonchev–Trinajstić information content (AvgIpc) is 2.61. The maximum atomic E-state index is 12.0. The van der Waals surface area contributed by atoms with Crippen molar-refractivity contribution in [3.8, 4) is 5.75 Å². The Morgan fingerprint density at radius 2 is 1.91 bits per heavy atom. The van der Waals surface area contributed by atoms with E-state index < -0.39 is 0 Å². The molecule has 23 heavy (non-hydrogen) atoms. The molecule has 0 saturated carbocycles. The van der Waals surface area contributed by atoms with Gasteiger partial charge in [-0.1, -0.05) is 42.5 Å². The number of ether oxygens (including phenoxy) is 2. The number of carbonyl (C=O) groups is 1. The van der Waals surface area contributed by atoms with Crippen molar-refractivity contribution in [2.45, 2.75) is 12.8 Å². The maximum Gasteiger partial charge on any atom is 0.312 e. The van der Waals surface area contributed by atoms with Crippen molar-refractivity contribution >= 4 is 11.5 Å². The van der Waals surface area contributed by atoms with Gasteiger partial charge in [-0.05, 0) is 47.2 Å². The number of hydrogen-bond acceptors (Lipinski definition) is 3. The largest absolute Gasteiger partial charge is 0.497 e. The van der Waals surface area contributed by atoms with E-state index in [4.69, 9.17) is 9.47 Å². The van der Waals surface area contributed by atoms with Crippen molar-refractivity contribution in [2.75, 3.05) is 14.2 Å². The first-order valence-electron chi connectivity index (χ1n) is 7.71. The maximum absolute atomic E-state index is 12.0. The minimum absolute atomic E-state index is 0.191. The van der Waals surface area contributed by atoms with Crippen LogP contribution in [-0.2, 0) is 22.4 Å². The first-order valence-corrected chi connectivity index (χ1v) is 7.71. The van der Waals surface area contributed by atoms with Gasteiger partial charge < -0.3 is 9.47 Å². The molecular weight excluding hydrogens is 288 g/mol. The predicted octanol–water partition coefficient (Wildman–Crippen LogP) is 3.67. The van der Waals surface area contributed by atoms with Gasteiger partial charge in [0.15, 0.2) is 0 Å². The zero-order valence-corrected chi connectivity index (χ0v) is 13.4. The fourth-order valence-corrected chi connectivity index (χ4v) is 3.08. The molecule has 0 aliphatic heterocycles. The van der Waals surface area contributed by atoms with Gasteiger partial charge in [-0.3, -0.25) is 4.79 Å². The number of benzene rings is 2. The van der Waals surface area contributed by atoms with Crippen LogP contribution in [0, 0.1) is 5.92 Å². The third-order valence-electron chi connectivity index (χ3n) is 4.24. The molecule has 2 aromatic rings. The molecule has 2 aromatic carbocycles. The number of allylic oxidation sites excluding steroid dienone is 1. The van der Waals surface area contributed by atoms with Gasteiger partial charge in [0.05, 0.1) is 20.1 Å². The molecule has 0 heterocycles. The molecule has 0 radical (unpaired) electrons. The molecule has 1 unspecified atom stereocenters. The summed E-state index contributed by atoms with van der Waals surface area (Å²) < 4.78 is 10.3. The normalized spacial score (nSPS) is 16.3. The van der Waals surface area contributed by atoms with Gasteiger partial charge in [-0.25, -0.2) is 0 Å². The summed E-state index contributed by atoms with van der Waals surface area (Å²) in [4.78, 5) is 12.0. The highest BCUT2D eigenvalue weighted by Gasteiger charge is 2.25. The van der Waals surface area contributed by atoms with Crippen LogP contribution in [0.2, 0.25) is 0 Å². The van der Waals surface area contributed by atoms with Gasteiger partial charge in [0.25, 0.3) is 0 Å². The van der Waals surface area contributed by atoms with Gasteiger partial charge >= 0.3 is 5.97 Å². The molecule has 0 bridgehead atoms. The van der Waals surface area contributed by atoms with Crippen molar-refractivity contribution < 1.29 is 14.3 Å². The predicted molar refractivity (Wildman–Crippen MR) is 90.3 cm³/mol. The minimum Gasteiger partial charge on any atom is -0.497 e. The molecular formula is C20H20O3. The number of fused-ring (bicyclic) bond motifs is 1. The lowest BCUT2D eigenvalue weighted by molar-refractivity contribution is -0.143. The van der Waals surface area contributed by atoms with E-state index in [2.05, 4.69) is 18.2 Å². The Bertz CT molecular complexity index is 732. The van der Waals surface area contributed by atoms with Crippen molar-refractivity contribution in [2.24, 2.45) is 5.92 Å². The van der Waals surface area contributed by atoms with Gasteiger partial charge in [0, 0.05) is 0 Å². The van der Waals surface area contributed by atoms with Crippen molar-refractivity contribution in [3.05, 3.63) is 71.3 Å². The average molecular weight is 308 g/mol. The third-order valence-corrected chi connectivity index (χ3v) is 4.24. The zero-order valence-electron chi connectivity index (χ0n) is 13.4. The van der Waals surface area contributed by atoms with E-state index in [-0.39, 0.29) is 11.9 Å². The summed E-state index contributed by atoms with van der Waals surface area (Å²) in [5, 5.41) is 0. The number of carbonyl (C=O) groups excluding carboxylic acids is 1. The fraction of sp³-hybridized carbons (Fsp3) is 0.250. The zero-order chi connectivity index (χ0) is 16.2. The second-order valence-electron chi connectivity index (χ2n) is 5.71. The summed E-state index contributed by atoms with van der Waals surface area (Å²) in [7, 11) is 3.09. The quantitative estimate of drug-likeness (QED) is 0.809. The van der Waals surface area contributed by atoms with Crippen LogP contribution in [0.25, 0.3) is 5.57 Å². The molecule has 3 heteroatoms. The number of esters is 1. The molecule has 118 valence electrons. The first-order chi connectivity index (χ1) is 11.2. The molecule has 0 amide bonds. The Morgan fingerprint density at radius 1 is 1.13 bits per heavy atom. The van der Waals surface area contributed by atoms with Crippen LogP contribution in [0.4, 0.5) is 0 Å². The van der Waals surface area contributed by atoms with Gasteiger partial charge in [-0.2, -0.15) is 0 Å². The van der Waals surface area contributed by atoms with E-state index in [1.807, 2.05) is 36.4 Å². The van der Waals surface area contributed by atoms with Crippen LogP contribution >= 0.6 is 0 Å². The van der Waals surface area contributed by atoms with Crippen LogP contribution in [0.15, 0.2) is 54.6 Å². The highest BCUT2D eigenvalue weighted by Crippen LogP contribution is 2.34. The van der Waals surface area contributed by atoms with Crippen LogP contribution in [0.3, 0.4) is 0 Å². The number of rotatable bonds is 4. The van der Waals surface area contributed by atoms with E-state index >= 15 is 0 Å². The molecule has 1 aliphatic rings. The van der Waals surface area contributed by atoms with Crippen LogP contribution in [0.5, 0.6) is 5.75 Å². The summed E-state index contributed by atoms with van der Waals surface area (Å²) in [6.07, 6.45) is 3.50. The molecule has 0 aromatic heterocycles. The lowest BCUT2D eigenvalue weighted by Crippen LogP contribution is -2.21. The van der Waals surface area contributed by atoms with Crippen molar-refractivity contribution in [3.63, 3.8) is 0 Å². The highest BCUT2D eigenvalue weighted by atomic mass is 16.5. The molecule has 0 spiro atoms. The van der Waals surface area contributed by atoms with Crippen molar-refractivity contribution in [1.29, 1.82) is 0 Å². The van der Waals surface area contributed by atoms with Crippen LogP contribution in [-0.4, -0.2) is 20.2 Å². The smallest absolute Gasteiger partial charge is 0.312 e. The molecule has 3 nitrogen and oxygen atoms in total. The molecule has 3 rings (SSSR count). The minimum atomic E-state index is -0.238. The Morgan fingerprint density at radius 3 is 2.61 bits per heavy atom. The SMILES string of the molecule is COC(=O)C1C=C(Cc2ccccc2)c2ccc(OC)cc2C1. The van der Waals surface area contributed by atoms with E-state index in [1.165, 1.54) is 18.2 Å². The Kier molecular flexibility index (Phi) is 4.47. The summed E-state index contributed by atoms with van der Waals surface area (Å²) in [5.41, 5.74) is 4.71. The first kappa shape index (κ1) is 15.3. The molecule has 1 atom stereocenters. The van der Waals surface area contributed by atoms with Crippen LogP contribution < -0.4 is 4.74 Å². The van der Waals surface area contributed by atoms with Gasteiger partial charge in [0.2, 0.25) is 0 Å². The van der Waals surface area contributed by atoms with Gasteiger partial charge in [0.1, 0.15) is 5.75 Å². The van der Waals surface area contributed by atoms with E-state index in [0.29, 0.717) is 6.42 Å². The van der Waals surface area contributed by atoms with E-state index in [1.54, 1.807) is 7.11 Å². The lowest BCUT2D eigenvalue weighted by Gasteiger charge is -2.23. The summed E-state index contributed by atoms with van der Waals surface area (Å²) in [6.45, 7) is 0. The molecule has 0 fully saturated rings. The highest BCUT2D eigenvalue weighted by molar-refractivity contribution is 5.82. The summed E-state index contributed by atoms with van der Waals surface area (Å²) in [5.74, 6) is 0.385. The Labute approximate surface area is 136 Å².